The molecule has 2 amide bonds. The van der Waals surface area contributed by atoms with Gasteiger partial charge in [0.15, 0.2) is 11.5 Å². The van der Waals surface area contributed by atoms with Crippen LogP contribution in [0.15, 0.2) is 42.7 Å². The van der Waals surface area contributed by atoms with Gasteiger partial charge in [0.05, 0.1) is 42.0 Å². The molecule has 4 aromatic rings. The molecule has 11 nitrogen and oxygen atoms in total. The van der Waals surface area contributed by atoms with Gasteiger partial charge in [0, 0.05) is 18.8 Å². The smallest absolute Gasteiger partial charge is 0.274 e. The van der Waals surface area contributed by atoms with E-state index < -0.39 is 11.8 Å². The topological polar surface area (TPSA) is 139 Å². The summed E-state index contributed by atoms with van der Waals surface area (Å²) in [5.41, 5.74) is 1.79. The highest BCUT2D eigenvalue weighted by Crippen LogP contribution is 2.26. The van der Waals surface area contributed by atoms with E-state index in [1.165, 1.54) is 28.6 Å². The number of pyridine rings is 2. The largest absolute Gasteiger partial charge is 0.480 e. The first kappa shape index (κ1) is 22.8. The lowest BCUT2D eigenvalue weighted by Gasteiger charge is -2.16. The monoisotopic (exact) mass is 478 g/mol. The highest BCUT2D eigenvalue weighted by atomic mass is 35.5. The summed E-state index contributed by atoms with van der Waals surface area (Å²) in [6.45, 7) is 1.92. The van der Waals surface area contributed by atoms with E-state index in [1.807, 2.05) is 6.07 Å². The van der Waals surface area contributed by atoms with Crippen molar-refractivity contribution in [2.75, 3.05) is 19.0 Å². The van der Waals surface area contributed by atoms with Crippen molar-refractivity contribution in [1.82, 2.24) is 29.7 Å². The summed E-state index contributed by atoms with van der Waals surface area (Å²) >= 11 is 6.27. The Balaban J connectivity index is 1.77. The van der Waals surface area contributed by atoms with Crippen LogP contribution in [0, 0.1) is 18.3 Å². The minimum absolute atomic E-state index is 0.0910. The first-order valence-corrected chi connectivity index (χ1v) is 10.5. The van der Waals surface area contributed by atoms with E-state index in [9.17, 15) is 9.59 Å². The molecular weight excluding hydrogens is 460 g/mol. The van der Waals surface area contributed by atoms with E-state index in [0.717, 1.165) is 0 Å². The SMILES string of the molecule is COc1cc(C(=O)Nc2c(C)cc3ccnn3c2C(=O)NCCC#N)n(-c2ncccc2Cl)n1. The minimum atomic E-state index is -0.571. The van der Waals surface area contributed by atoms with Gasteiger partial charge in [-0.2, -0.15) is 10.4 Å². The zero-order chi connectivity index (χ0) is 24.2. The second-order valence-electron chi connectivity index (χ2n) is 7.13. The number of aromatic nitrogens is 5. The molecular formula is C22H19ClN8O3. The Morgan fingerprint density at radius 3 is 2.79 bits per heavy atom. The van der Waals surface area contributed by atoms with Crippen LogP contribution in [0.5, 0.6) is 5.88 Å². The first-order chi connectivity index (χ1) is 16.4. The van der Waals surface area contributed by atoms with Gasteiger partial charge < -0.3 is 15.4 Å². The number of methoxy groups -OCH3 is 1. The fourth-order valence-electron chi connectivity index (χ4n) is 3.37. The standard InChI is InChI=1S/C22H19ClN8O3/c1-13-11-14-6-10-27-30(14)19(22(33)26-9-4-7-24)18(13)28-21(32)16-12-17(34-2)29-31(16)20-15(23)5-3-8-25-20/h3,5-6,8,10-12H,4,9H2,1-2H3,(H,26,33)(H,28,32). The Hall–Kier alpha value is -4.43. The van der Waals surface area contributed by atoms with Gasteiger partial charge in [-0.15, -0.1) is 5.10 Å². The molecule has 4 aromatic heterocycles. The zero-order valence-corrected chi connectivity index (χ0v) is 19.0. The van der Waals surface area contributed by atoms with Gasteiger partial charge in [0.2, 0.25) is 5.88 Å². The molecule has 34 heavy (non-hydrogen) atoms. The van der Waals surface area contributed by atoms with Crippen molar-refractivity contribution >= 4 is 34.6 Å². The van der Waals surface area contributed by atoms with Crippen LogP contribution in [-0.4, -0.2) is 49.8 Å². The number of aryl methyl sites for hydroxylation is 1. The molecule has 0 unspecified atom stereocenters. The number of amides is 2. The van der Waals surface area contributed by atoms with Gasteiger partial charge in [-0.1, -0.05) is 11.6 Å². The number of hydrogen-bond acceptors (Lipinski definition) is 7. The summed E-state index contributed by atoms with van der Waals surface area (Å²) in [5.74, 6) is -0.632. The van der Waals surface area contributed by atoms with Gasteiger partial charge in [-0.3, -0.25) is 9.59 Å². The van der Waals surface area contributed by atoms with Crippen LogP contribution in [0.3, 0.4) is 0 Å². The molecule has 0 saturated heterocycles. The number of anilines is 1. The fourth-order valence-corrected chi connectivity index (χ4v) is 3.57. The summed E-state index contributed by atoms with van der Waals surface area (Å²) in [5, 5.41) is 23.0. The Morgan fingerprint density at radius 2 is 2.06 bits per heavy atom. The van der Waals surface area contributed by atoms with Crippen molar-refractivity contribution in [3.8, 4) is 17.8 Å². The van der Waals surface area contributed by atoms with Crippen molar-refractivity contribution < 1.29 is 14.3 Å². The van der Waals surface area contributed by atoms with Crippen LogP contribution in [-0.2, 0) is 0 Å². The number of hydrogen-bond donors (Lipinski definition) is 2. The maximum Gasteiger partial charge on any atom is 0.274 e. The number of halogens is 1. The molecule has 4 rings (SSSR count). The van der Waals surface area contributed by atoms with Gasteiger partial charge >= 0.3 is 0 Å². The van der Waals surface area contributed by atoms with Gasteiger partial charge in [-0.05, 0) is 36.8 Å². The predicted octanol–water partition coefficient (Wildman–Crippen LogP) is 2.78. The van der Waals surface area contributed by atoms with Crippen molar-refractivity contribution in [1.29, 1.82) is 5.26 Å². The highest BCUT2D eigenvalue weighted by Gasteiger charge is 2.24. The Morgan fingerprint density at radius 1 is 1.24 bits per heavy atom. The van der Waals surface area contributed by atoms with Crippen LogP contribution in [0.4, 0.5) is 5.69 Å². The maximum absolute atomic E-state index is 13.4. The van der Waals surface area contributed by atoms with E-state index >= 15 is 0 Å². The molecule has 0 atom stereocenters. The van der Waals surface area contributed by atoms with Crippen LogP contribution in [0.2, 0.25) is 5.02 Å². The number of ether oxygens (including phenoxy) is 1. The maximum atomic E-state index is 13.4. The molecule has 0 radical (unpaired) electrons. The van der Waals surface area contributed by atoms with Crippen molar-refractivity contribution in [2.45, 2.75) is 13.3 Å². The lowest BCUT2D eigenvalue weighted by Crippen LogP contribution is -2.29. The molecule has 0 fully saturated rings. The van der Waals surface area contributed by atoms with Crippen molar-refractivity contribution in [2.24, 2.45) is 0 Å². The molecule has 0 aromatic carbocycles. The molecule has 0 spiro atoms. The molecule has 0 aliphatic carbocycles. The minimum Gasteiger partial charge on any atom is -0.480 e. The first-order valence-electron chi connectivity index (χ1n) is 10.1. The van der Waals surface area contributed by atoms with Crippen molar-refractivity contribution in [3.05, 3.63) is 64.7 Å². The molecule has 12 heteroatoms. The quantitative estimate of drug-likeness (QED) is 0.389. The Bertz CT molecular complexity index is 1440. The van der Waals surface area contributed by atoms with E-state index in [1.54, 1.807) is 37.4 Å². The number of fused-ring (bicyclic) bond motifs is 1. The van der Waals surface area contributed by atoms with E-state index in [0.29, 0.717) is 11.1 Å². The summed E-state index contributed by atoms with van der Waals surface area (Å²) < 4.78 is 7.89. The van der Waals surface area contributed by atoms with E-state index in [-0.39, 0.29) is 46.8 Å². The number of carbonyl (C=O) groups is 2. The van der Waals surface area contributed by atoms with Gasteiger partial charge in [0.1, 0.15) is 5.69 Å². The van der Waals surface area contributed by atoms with Gasteiger partial charge in [0.25, 0.3) is 11.8 Å². The van der Waals surface area contributed by atoms with Crippen LogP contribution < -0.4 is 15.4 Å². The van der Waals surface area contributed by atoms with Gasteiger partial charge in [-0.25, -0.2) is 14.2 Å². The highest BCUT2D eigenvalue weighted by molar-refractivity contribution is 6.32. The molecule has 4 heterocycles. The Labute approximate surface area is 198 Å². The second-order valence-corrected chi connectivity index (χ2v) is 7.54. The van der Waals surface area contributed by atoms with E-state index in [2.05, 4.69) is 25.8 Å². The third-order valence-corrected chi connectivity index (χ3v) is 5.22. The number of nitriles is 1. The number of nitrogens with one attached hydrogen (secondary N) is 2. The van der Waals surface area contributed by atoms with Crippen molar-refractivity contribution in [3.63, 3.8) is 0 Å². The summed E-state index contributed by atoms with van der Waals surface area (Å²) in [6.07, 6.45) is 3.22. The number of nitrogens with zero attached hydrogens (tertiary/aromatic N) is 6. The third-order valence-electron chi connectivity index (χ3n) is 4.92. The summed E-state index contributed by atoms with van der Waals surface area (Å²) in [7, 11) is 1.42. The molecule has 0 bridgehead atoms. The molecule has 0 aliphatic rings. The molecule has 0 saturated carbocycles. The predicted molar refractivity (Wildman–Crippen MR) is 123 cm³/mol. The number of rotatable bonds is 7. The second kappa shape index (κ2) is 9.60. The Kier molecular flexibility index (Phi) is 6.42. The molecule has 0 aliphatic heterocycles. The zero-order valence-electron chi connectivity index (χ0n) is 18.2. The fraction of sp³-hybridized carbons (Fsp3) is 0.182. The lowest BCUT2D eigenvalue weighted by atomic mass is 10.1. The average molecular weight is 479 g/mol. The van der Waals surface area contributed by atoms with E-state index in [4.69, 9.17) is 21.6 Å². The van der Waals surface area contributed by atoms with Crippen LogP contribution >= 0.6 is 11.6 Å². The number of carbonyl (C=O) groups excluding carboxylic acids is 2. The molecule has 2 N–H and O–H groups in total. The molecule has 172 valence electrons. The summed E-state index contributed by atoms with van der Waals surface area (Å²) in [6, 6.07) is 10.2. The normalized spacial score (nSPS) is 10.6. The summed E-state index contributed by atoms with van der Waals surface area (Å²) in [4.78, 5) is 30.6. The van der Waals surface area contributed by atoms with Crippen LogP contribution in [0.25, 0.3) is 11.3 Å². The average Bonchev–Trinajstić information content (AvgIpc) is 3.46. The van der Waals surface area contributed by atoms with Crippen LogP contribution in [0.1, 0.15) is 33.0 Å². The lowest BCUT2D eigenvalue weighted by molar-refractivity contribution is 0.0948. The third kappa shape index (κ3) is 4.26.